The van der Waals surface area contributed by atoms with Gasteiger partial charge in [0.1, 0.15) is 10.9 Å². The third-order valence-corrected chi connectivity index (χ3v) is 2.93. The van der Waals surface area contributed by atoms with E-state index in [9.17, 15) is 0 Å². The van der Waals surface area contributed by atoms with Crippen LogP contribution in [-0.2, 0) is 0 Å². The minimum atomic E-state index is 0.478. The molecule has 0 aliphatic rings. The summed E-state index contributed by atoms with van der Waals surface area (Å²) >= 11 is 9.24. The van der Waals surface area contributed by atoms with E-state index >= 15 is 0 Å². The highest BCUT2D eigenvalue weighted by Gasteiger charge is 2.06. The topological polar surface area (TPSA) is 22.1 Å². The van der Waals surface area contributed by atoms with Crippen molar-refractivity contribution < 1.29 is 4.74 Å². The molecule has 2 rings (SSSR count). The van der Waals surface area contributed by atoms with Gasteiger partial charge in [0.25, 0.3) is 0 Å². The molecule has 0 N–H and O–H groups in total. The van der Waals surface area contributed by atoms with Crippen molar-refractivity contribution in [3.63, 3.8) is 0 Å². The van der Waals surface area contributed by atoms with Crippen LogP contribution in [0.5, 0.6) is 5.75 Å². The average molecular weight is 273 g/mol. The maximum atomic E-state index is 5.81. The molecule has 0 fully saturated rings. The smallest absolute Gasteiger partial charge is 0.135 e. The molecule has 14 heavy (non-hydrogen) atoms. The molecule has 0 saturated carbocycles. The zero-order valence-electron chi connectivity index (χ0n) is 7.42. The maximum Gasteiger partial charge on any atom is 0.135 e. The largest absolute Gasteiger partial charge is 0.495 e. The predicted octanol–water partition coefficient (Wildman–Crippen LogP) is 3.66. The van der Waals surface area contributed by atoms with Crippen molar-refractivity contribution in [3.8, 4) is 5.75 Å². The van der Waals surface area contributed by atoms with E-state index in [2.05, 4.69) is 20.9 Å². The first kappa shape index (κ1) is 9.74. The number of rotatable bonds is 1. The number of fused-ring (bicyclic) bond motifs is 1. The molecule has 0 aliphatic carbocycles. The van der Waals surface area contributed by atoms with Gasteiger partial charge in [0, 0.05) is 5.39 Å². The van der Waals surface area contributed by atoms with E-state index in [-0.39, 0.29) is 0 Å². The molecule has 0 unspecified atom stereocenters. The monoisotopic (exact) mass is 271 g/mol. The number of methoxy groups -OCH3 is 1. The lowest BCUT2D eigenvalue weighted by Crippen LogP contribution is -1.87. The molecule has 0 spiro atoms. The predicted molar refractivity (Wildman–Crippen MR) is 61.0 cm³/mol. The Morgan fingerprint density at radius 1 is 1.29 bits per heavy atom. The zero-order valence-corrected chi connectivity index (χ0v) is 9.76. The van der Waals surface area contributed by atoms with Gasteiger partial charge < -0.3 is 4.74 Å². The van der Waals surface area contributed by atoms with Gasteiger partial charge in [-0.25, -0.2) is 4.98 Å². The number of pyridine rings is 1. The molecule has 0 atom stereocenters. The number of aromatic nitrogens is 1. The number of nitrogens with zero attached hydrogens (tertiary/aromatic N) is 1. The maximum absolute atomic E-state index is 5.81. The Hall–Kier alpha value is -0.800. The summed E-state index contributed by atoms with van der Waals surface area (Å²) in [5, 5.41) is 1.51. The zero-order chi connectivity index (χ0) is 10.1. The highest BCUT2D eigenvalue weighted by Crippen LogP contribution is 2.32. The summed E-state index contributed by atoms with van der Waals surface area (Å²) < 4.78 is 6.00. The first-order valence-electron chi connectivity index (χ1n) is 4.01. The van der Waals surface area contributed by atoms with Crippen molar-refractivity contribution in [1.82, 2.24) is 4.98 Å². The Bertz CT molecular complexity index is 487. The number of ether oxygens (including phenoxy) is 1. The number of benzene rings is 1. The number of hydrogen-bond donors (Lipinski definition) is 0. The van der Waals surface area contributed by atoms with Crippen LogP contribution in [0.3, 0.4) is 0 Å². The van der Waals surface area contributed by atoms with Crippen molar-refractivity contribution in [2.45, 2.75) is 0 Å². The SMILES string of the molecule is COc1ccc2ccc(Cl)nc2c1Br. The van der Waals surface area contributed by atoms with E-state index in [0.717, 1.165) is 21.1 Å². The second-order valence-electron chi connectivity index (χ2n) is 2.79. The highest BCUT2D eigenvalue weighted by molar-refractivity contribution is 9.10. The van der Waals surface area contributed by atoms with Gasteiger partial charge in [0.15, 0.2) is 0 Å². The first-order chi connectivity index (χ1) is 6.72. The summed E-state index contributed by atoms with van der Waals surface area (Å²) in [5.41, 5.74) is 0.817. The van der Waals surface area contributed by atoms with Gasteiger partial charge in [0.05, 0.1) is 17.1 Å². The Labute approximate surface area is 95.0 Å². The molecule has 1 heterocycles. The summed E-state index contributed by atoms with van der Waals surface area (Å²) in [6.45, 7) is 0. The van der Waals surface area contributed by atoms with Gasteiger partial charge in [-0.2, -0.15) is 0 Å². The summed E-state index contributed by atoms with van der Waals surface area (Å²) in [4.78, 5) is 4.22. The Morgan fingerprint density at radius 2 is 2.00 bits per heavy atom. The van der Waals surface area contributed by atoms with Crippen LogP contribution in [0.2, 0.25) is 5.15 Å². The van der Waals surface area contributed by atoms with Crippen LogP contribution >= 0.6 is 27.5 Å². The number of halogens is 2. The molecule has 72 valence electrons. The van der Waals surface area contributed by atoms with Crippen LogP contribution < -0.4 is 4.74 Å². The fourth-order valence-corrected chi connectivity index (χ4v) is 2.03. The molecule has 0 bridgehead atoms. The lowest BCUT2D eigenvalue weighted by molar-refractivity contribution is 0.413. The average Bonchev–Trinajstić information content (AvgIpc) is 2.20. The highest BCUT2D eigenvalue weighted by atomic mass is 79.9. The molecule has 1 aromatic heterocycles. The minimum Gasteiger partial charge on any atom is -0.495 e. The van der Waals surface area contributed by atoms with Gasteiger partial charge in [-0.3, -0.25) is 0 Å². The van der Waals surface area contributed by atoms with Gasteiger partial charge in [-0.05, 0) is 40.2 Å². The Morgan fingerprint density at radius 3 is 2.71 bits per heavy atom. The van der Waals surface area contributed by atoms with Crippen molar-refractivity contribution in [1.29, 1.82) is 0 Å². The number of hydrogen-bond acceptors (Lipinski definition) is 2. The van der Waals surface area contributed by atoms with E-state index < -0.39 is 0 Å². The fourth-order valence-electron chi connectivity index (χ4n) is 1.27. The lowest BCUT2D eigenvalue weighted by Gasteiger charge is -2.05. The summed E-state index contributed by atoms with van der Waals surface area (Å²) in [5.74, 6) is 0.757. The van der Waals surface area contributed by atoms with Crippen LogP contribution in [-0.4, -0.2) is 12.1 Å². The van der Waals surface area contributed by atoms with Crippen molar-refractivity contribution in [3.05, 3.63) is 33.9 Å². The van der Waals surface area contributed by atoms with Gasteiger partial charge in [-0.1, -0.05) is 11.6 Å². The van der Waals surface area contributed by atoms with Crippen LogP contribution in [0.4, 0.5) is 0 Å². The first-order valence-corrected chi connectivity index (χ1v) is 5.18. The van der Waals surface area contributed by atoms with Gasteiger partial charge >= 0.3 is 0 Å². The second-order valence-corrected chi connectivity index (χ2v) is 3.97. The van der Waals surface area contributed by atoms with Crippen LogP contribution in [0.15, 0.2) is 28.7 Å². The quantitative estimate of drug-likeness (QED) is 0.739. The molecule has 2 aromatic rings. The summed E-state index contributed by atoms with van der Waals surface area (Å²) in [7, 11) is 1.62. The second kappa shape index (κ2) is 3.75. The molecule has 0 aliphatic heterocycles. The molecule has 0 saturated heterocycles. The summed E-state index contributed by atoms with van der Waals surface area (Å²) in [6.07, 6.45) is 0. The van der Waals surface area contributed by atoms with E-state index in [1.807, 2.05) is 18.2 Å². The van der Waals surface area contributed by atoms with E-state index in [1.54, 1.807) is 13.2 Å². The van der Waals surface area contributed by atoms with E-state index in [0.29, 0.717) is 5.15 Å². The molecule has 0 radical (unpaired) electrons. The van der Waals surface area contributed by atoms with Crippen LogP contribution in [0.1, 0.15) is 0 Å². The Balaban J connectivity index is 2.79. The van der Waals surface area contributed by atoms with E-state index in [4.69, 9.17) is 16.3 Å². The standard InChI is InChI=1S/C10H7BrClNO/c1-14-7-4-2-6-3-5-8(12)13-10(6)9(7)11/h2-5H,1H3. The molecular weight excluding hydrogens is 265 g/mol. The minimum absolute atomic E-state index is 0.478. The molecular formula is C10H7BrClNO. The third kappa shape index (κ3) is 1.57. The molecule has 0 amide bonds. The lowest BCUT2D eigenvalue weighted by atomic mass is 10.2. The molecule has 1 aromatic carbocycles. The Kier molecular flexibility index (Phi) is 2.61. The van der Waals surface area contributed by atoms with Gasteiger partial charge in [-0.15, -0.1) is 0 Å². The van der Waals surface area contributed by atoms with E-state index in [1.165, 1.54) is 0 Å². The van der Waals surface area contributed by atoms with Crippen LogP contribution in [0, 0.1) is 0 Å². The normalized spacial score (nSPS) is 10.5. The fraction of sp³-hybridized carbons (Fsp3) is 0.100. The van der Waals surface area contributed by atoms with Crippen LogP contribution in [0.25, 0.3) is 10.9 Å². The van der Waals surface area contributed by atoms with Crippen molar-refractivity contribution >= 4 is 38.4 Å². The molecule has 2 nitrogen and oxygen atoms in total. The molecule has 4 heteroatoms. The van der Waals surface area contributed by atoms with Gasteiger partial charge in [0.2, 0.25) is 0 Å². The van der Waals surface area contributed by atoms with Crippen molar-refractivity contribution in [2.75, 3.05) is 7.11 Å². The third-order valence-electron chi connectivity index (χ3n) is 1.95. The van der Waals surface area contributed by atoms with Crippen molar-refractivity contribution in [2.24, 2.45) is 0 Å². The summed E-state index contributed by atoms with van der Waals surface area (Å²) in [6, 6.07) is 7.53.